The normalized spacial score (nSPS) is 14.5. The molecule has 0 aromatic heterocycles. The second-order valence-electron chi connectivity index (χ2n) is 21.5. The van der Waals surface area contributed by atoms with E-state index in [4.69, 9.17) is 9.05 Å². The van der Waals surface area contributed by atoms with Gasteiger partial charge in [-0.15, -0.1) is 0 Å². The predicted octanol–water partition coefficient (Wildman–Crippen LogP) is 15.9. The third-order valence-electron chi connectivity index (χ3n) is 13.5. The molecule has 404 valence electrons. The molecule has 10 heteroatoms. The molecule has 4 unspecified atom stereocenters. The van der Waals surface area contributed by atoms with Crippen molar-refractivity contribution < 1.29 is 38.0 Å². The van der Waals surface area contributed by atoms with Crippen LogP contribution in [0.15, 0.2) is 24.3 Å². The van der Waals surface area contributed by atoms with Gasteiger partial charge in [0.2, 0.25) is 5.91 Å². The van der Waals surface area contributed by atoms with Gasteiger partial charge in [0.1, 0.15) is 19.3 Å². The molecule has 0 heterocycles. The van der Waals surface area contributed by atoms with Gasteiger partial charge in [-0.3, -0.25) is 9.36 Å². The number of rotatable bonds is 54. The van der Waals surface area contributed by atoms with Crippen LogP contribution in [-0.2, 0) is 18.4 Å². The third kappa shape index (κ3) is 49.9. The number of hydrogen-bond acceptors (Lipinski definition) is 7. The van der Waals surface area contributed by atoms with Gasteiger partial charge in [0.25, 0.3) is 7.82 Å². The summed E-state index contributed by atoms with van der Waals surface area (Å²) in [5.74, 6) is -0.288. The van der Waals surface area contributed by atoms with E-state index in [0.29, 0.717) is 30.3 Å². The van der Waals surface area contributed by atoms with E-state index in [1.54, 1.807) is 0 Å². The Kier molecular flexibility index (Phi) is 48.7. The number of quaternary nitrogens is 1. The summed E-state index contributed by atoms with van der Waals surface area (Å²) in [6.45, 7) is 4.41. The summed E-state index contributed by atoms with van der Waals surface area (Å²) in [6.07, 6.45) is 58.4. The molecule has 0 aliphatic heterocycles. The lowest BCUT2D eigenvalue weighted by Gasteiger charge is -2.31. The summed E-state index contributed by atoms with van der Waals surface area (Å²) in [4.78, 5) is 25.5. The second kappa shape index (κ2) is 49.5. The summed E-state index contributed by atoms with van der Waals surface area (Å²) < 4.78 is 23.2. The maximum absolute atomic E-state index is 13.0. The number of carbonyl (C=O) groups excluding carboxylic acids is 1. The number of phosphoric acid groups is 1. The van der Waals surface area contributed by atoms with E-state index in [1.807, 2.05) is 21.1 Å². The van der Waals surface area contributed by atoms with E-state index in [-0.39, 0.29) is 18.9 Å². The SMILES string of the molecule is CCCCC/C=C/CC/C=C/CCCC(O)C(O)C(COP(=O)([O-])OCC[N+](C)(C)C)NC(=O)CCCCCCCCCCCCCCCCCCCCCCCCCCCCCCCCCC. The van der Waals surface area contributed by atoms with Crippen LogP contribution in [-0.4, -0.2) is 79.8 Å². The minimum Gasteiger partial charge on any atom is -0.756 e. The Morgan fingerprint density at radius 3 is 1.24 bits per heavy atom. The second-order valence-corrected chi connectivity index (χ2v) is 22.9. The molecule has 0 saturated heterocycles. The van der Waals surface area contributed by atoms with Crippen LogP contribution < -0.4 is 10.2 Å². The standard InChI is InChI=1S/C58H115N2O7P/c1-6-8-10-12-14-16-18-20-21-22-23-24-25-26-27-28-29-30-31-32-33-34-35-36-37-38-39-41-43-45-47-49-51-57(62)59-55(54-67-68(64,65)66-53-52-60(3,4)5)58(63)56(61)50-48-46-44-42-40-19-17-15-13-11-9-7-2/h15,17,42,44,55-56,58,61,63H,6-14,16,18-41,43,45-54H2,1-5H3,(H-,59,62,64,65)/b17-15+,44-42+. The number of unbranched alkanes of at least 4 members (excludes halogenated alkanes) is 36. The van der Waals surface area contributed by atoms with E-state index >= 15 is 0 Å². The van der Waals surface area contributed by atoms with Crippen molar-refractivity contribution in [2.45, 2.75) is 302 Å². The molecule has 9 nitrogen and oxygen atoms in total. The molecule has 0 aromatic rings. The van der Waals surface area contributed by atoms with Crippen molar-refractivity contribution in [3.8, 4) is 0 Å². The molecule has 3 N–H and O–H groups in total. The molecule has 0 aliphatic carbocycles. The Bertz CT molecular complexity index is 1180. The highest BCUT2D eigenvalue weighted by Gasteiger charge is 2.29. The molecule has 0 rings (SSSR count). The highest BCUT2D eigenvalue weighted by molar-refractivity contribution is 7.45. The van der Waals surface area contributed by atoms with Gasteiger partial charge < -0.3 is 34.0 Å². The van der Waals surface area contributed by atoms with Crippen molar-refractivity contribution in [2.24, 2.45) is 0 Å². The van der Waals surface area contributed by atoms with Crippen LogP contribution in [0.1, 0.15) is 284 Å². The lowest BCUT2D eigenvalue weighted by molar-refractivity contribution is -0.870. The van der Waals surface area contributed by atoms with Gasteiger partial charge in [0.05, 0.1) is 39.9 Å². The first-order valence-electron chi connectivity index (χ1n) is 29.3. The van der Waals surface area contributed by atoms with Crippen LogP contribution in [0.25, 0.3) is 0 Å². The Morgan fingerprint density at radius 1 is 0.515 bits per heavy atom. The van der Waals surface area contributed by atoms with Crippen molar-refractivity contribution in [1.82, 2.24) is 5.32 Å². The average molecular weight is 984 g/mol. The molecule has 4 atom stereocenters. The summed E-state index contributed by atoms with van der Waals surface area (Å²) in [6, 6.07) is -1.09. The predicted molar refractivity (Wildman–Crippen MR) is 290 cm³/mol. The van der Waals surface area contributed by atoms with Crippen LogP contribution >= 0.6 is 7.82 Å². The fourth-order valence-corrected chi connectivity index (χ4v) is 9.58. The molecular weight excluding hydrogens is 868 g/mol. The molecule has 0 fully saturated rings. The van der Waals surface area contributed by atoms with Gasteiger partial charge in [-0.05, 0) is 51.4 Å². The van der Waals surface area contributed by atoms with Gasteiger partial charge in [0, 0.05) is 6.42 Å². The molecule has 0 aromatic carbocycles. The zero-order valence-corrected chi connectivity index (χ0v) is 46.6. The number of aliphatic hydroxyl groups is 2. The van der Waals surface area contributed by atoms with Gasteiger partial charge >= 0.3 is 0 Å². The first-order chi connectivity index (χ1) is 32.9. The van der Waals surface area contributed by atoms with Gasteiger partial charge in [-0.25, -0.2) is 0 Å². The van der Waals surface area contributed by atoms with Crippen LogP contribution in [0.4, 0.5) is 0 Å². The lowest BCUT2D eigenvalue weighted by Crippen LogP contribution is -2.51. The molecular formula is C58H115N2O7P. The summed E-state index contributed by atoms with van der Waals surface area (Å²) in [5, 5.41) is 24.7. The maximum Gasteiger partial charge on any atom is 0.268 e. The van der Waals surface area contributed by atoms with Crippen LogP contribution in [0.3, 0.4) is 0 Å². The largest absolute Gasteiger partial charge is 0.756 e. The van der Waals surface area contributed by atoms with Crippen molar-refractivity contribution in [3.05, 3.63) is 24.3 Å². The third-order valence-corrected chi connectivity index (χ3v) is 14.5. The first kappa shape index (κ1) is 66.9. The Hall–Kier alpha value is -1.06. The number of carbonyl (C=O) groups is 1. The van der Waals surface area contributed by atoms with E-state index in [0.717, 1.165) is 38.5 Å². The number of phosphoric ester groups is 1. The van der Waals surface area contributed by atoms with Crippen molar-refractivity contribution in [3.63, 3.8) is 0 Å². The Balaban J connectivity index is 4.05. The smallest absolute Gasteiger partial charge is 0.268 e. The van der Waals surface area contributed by atoms with Gasteiger partial charge in [-0.1, -0.05) is 250 Å². The van der Waals surface area contributed by atoms with Crippen LogP contribution in [0.2, 0.25) is 0 Å². The minimum atomic E-state index is -4.68. The zero-order valence-electron chi connectivity index (χ0n) is 45.7. The number of nitrogens with zero attached hydrogens (tertiary/aromatic N) is 1. The summed E-state index contributed by atoms with van der Waals surface area (Å²) >= 11 is 0. The molecule has 0 radical (unpaired) electrons. The quantitative estimate of drug-likeness (QED) is 0.0240. The minimum absolute atomic E-state index is 0.0467. The highest BCUT2D eigenvalue weighted by Crippen LogP contribution is 2.38. The number of likely N-dealkylation sites (N-methyl/N-ethyl adjacent to an activating group) is 1. The highest BCUT2D eigenvalue weighted by atomic mass is 31.2. The van der Waals surface area contributed by atoms with E-state index in [2.05, 4.69) is 43.5 Å². The van der Waals surface area contributed by atoms with Gasteiger partial charge in [0.15, 0.2) is 0 Å². The number of nitrogens with one attached hydrogen (secondary N) is 1. The summed E-state index contributed by atoms with van der Waals surface area (Å²) in [7, 11) is 1.11. The van der Waals surface area contributed by atoms with Crippen molar-refractivity contribution >= 4 is 13.7 Å². The molecule has 0 bridgehead atoms. The number of aliphatic hydroxyl groups excluding tert-OH is 2. The number of hydrogen-bond donors (Lipinski definition) is 3. The number of amides is 1. The Labute approximate surface area is 422 Å². The topological polar surface area (TPSA) is 128 Å². The van der Waals surface area contributed by atoms with Gasteiger partial charge in [-0.2, -0.15) is 0 Å². The first-order valence-corrected chi connectivity index (χ1v) is 30.7. The molecule has 68 heavy (non-hydrogen) atoms. The van der Waals surface area contributed by atoms with Crippen molar-refractivity contribution in [1.29, 1.82) is 0 Å². The molecule has 0 aliphatic rings. The van der Waals surface area contributed by atoms with E-state index < -0.39 is 32.7 Å². The maximum atomic E-state index is 13.0. The fraction of sp³-hybridized carbons (Fsp3) is 0.914. The molecule has 0 saturated carbocycles. The van der Waals surface area contributed by atoms with E-state index in [1.165, 1.54) is 205 Å². The Morgan fingerprint density at radius 2 is 0.853 bits per heavy atom. The van der Waals surface area contributed by atoms with Crippen molar-refractivity contribution in [2.75, 3.05) is 40.9 Å². The van der Waals surface area contributed by atoms with Crippen LogP contribution in [0, 0.1) is 0 Å². The molecule has 1 amide bonds. The zero-order chi connectivity index (χ0) is 50.1. The average Bonchev–Trinajstić information content (AvgIpc) is 3.30. The molecule has 0 spiro atoms. The fourth-order valence-electron chi connectivity index (χ4n) is 8.86. The lowest BCUT2D eigenvalue weighted by atomic mass is 10.0. The summed E-state index contributed by atoms with van der Waals surface area (Å²) in [5.41, 5.74) is 0. The van der Waals surface area contributed by atoms with Crippen LogP contribution in [0.5, 0.6) is 0 Å². The monoisotopic (exact) mass is 983 g/mol. The number of allylic oxidation sites excluding steroid dienone is 4. The van der Waals surface area contributed by atoms with E-state index in [9.17, 15) is 24.5 Å².